The minimum atomic E-state index is 0.00360. The molecule has 1 atom stereocenters. The zero-order valence-corrected chi connectivity index (χ0v) is 15.9. The monoisotopic (exact) mass is 354 g/mol. The Hall–Kier alpha value is -2.13. The Labute approximate surface area is 157 Å². The molecule has 0 saturated carbocycles. The van der Waals surface area contributed by atoms with E-state index in [-0.39, 0.29) is 12.4 Å². The molecule has 26 heavy (non-hydrogen) atoms. The minimum absolute atomic E-state index is 0.00360. The van der Waals surface area contributed by atoms with Crippen molar-refractivity contribution >= 4 is 5.78 Å². The number of rotatable bonds is 12. The van der Waals surface area contributed by atoms with Crippen molar-refractivity contribution < 1.29 is 14.3 Å². The molecule has 0 bridgehead atoms. The second-order valence-corrected chi connectivity index (χ2v) is 6.60. The third-order valence-electron chi connectivity index (χ3n) is 4.31. The first-order valence-electron chi connectivity index (χ1n) is 9.64. The van der Waals surface area contributed by atoms with Gasteiger partial charge in [0, 0.05) is 5.56 Å². The van der Waals surface area contributed by atoms with Gasteiger partial charge in [0.05, 0.1) is 12.7 Å². The molecule has 0 amide bonds. The van der Waals surface area contributed by atoms with E-state index in [4.69, 9.17) is 9.47 Å². The fraction of sp³-hybridized carbons (Fsp3) is 0.435. The van der Waals surface area contributed by atoms with E-state index in [0.29, 0.717) is 18.3 Å². The fourth-order valence-electron chi connectivity index (χ4n) is 2.84. The molecule has 0 N–H and O–H groups in total. The summed E-state index contributed by atoms with van der Waals surface area (Å²) in [6.07, 6.45) is 6.03. The van der Waals surface area contributed by atoms with Crippen LogP contribution in [-0.2, 0) is 11.3 Å². The van der Waals surface area contributed by atoms with Crippen molar-refractivity contribution in [2.45, 2.75) is 58.7 Å². The van der Waals surface area contributed by atoms with Crippen molar-refractivity contribution in [1.29, 1.82) is 0 Å². The van der Waals surface area contributed by atoms with Crippen LogP contribution in [0.3, 0.4) is 0 Å². The lowest BCUT2D eigenvalue weighted by Crippen LogP contribution is -2.16. The van der Waals surface area contributed by atoms with Crippen LogP contribution in [0.15, 0.2) is 54.6 Å². The molecule has 2 rings (SSSR count). The molecule has 3 heteroatoms. The average Bonchev–Trinajstić information content (AvgIpc) is 2.68. The number of hydrogen-bond donors (Lipinski definition) is 0. The maximum atomic E-state index is 12.0. The van der Waals surface area contributed by atoms with E-state index in [1.165, 1.54) is 12.8 Å². The van der Waals surface area contributed by atoms with Gasteiger partial charge in [-0.05, 0) is 30.5 Å². The maximum absolute atomic E-state index is 12.0. The van der Waals surface area contributed by atoms with Crippen molar-refractivity contribution in [3.8, 4) is 5.75 Å². The first-order valence-corrected chi connectivity index (χ1v) is 9.64. The number of carbonyl (C=O) groups is 1. The van der Waals surface area contributed by atoms with E-state index >= 15 is 0 Å². The Kier molecular flexibility index (Phi) is 8.91. The van der Waals surface area contributed by atoms with Gasteiger partial charge in [0.15, 0.2) is 5.78 Å². The molecule has 0 heterocycles. The fourth-order valence-corrected chi connectivity index (χ4v) is 2.84. The summed E-state index contributed by atoms with van der Waals surface area (Å²) in [7, 11) is 0. The van der Waals surface area contributed by atoms with Crippen LogP contribution in [0, 0.1) is 0 Å². The van der Waals surface area contributed by atoms with Gasteiger partial charge in [0.1, 0.15) is 12.4 Å². The largest absolute Gasteiger partial charge is 0.490 e. The molecule has 0 aromatic heterocycles. The molecule has 0 saturated heterocycles. The maximum Gasteiger partial charge on any atom is 0.188 e. The zero-order valence-electron chi connectivity index (χ0n) is 15.9. The third-order valence-corrected chi connectivity index (χ3v) is 4.31. The van der Waals surface area contributed by atoms with E-state index in [9.17, 15) is 4.79 Å². The summed E-state index contributed by atoms with van der Waals surface area (Å²) in [5.74, 6) is 0.910. The lowest BCUT2D eigenvalue weighted by Gasteiger charge is -2.18. The second-order valence-electron chi connectivity index (χ2n) is 6.60. The van der Waals surface area contributed by atoms with Gasteiger partial charge in [-0.15, -0.1) is 0 Å². The molecule has 2 aromatic rings. The van der Waals surface area contributed by atoms with Gasteiger partial charge in [0.25, 0.3) is 0 Å². The van der Waals surface area contributed by atoms with E-state index < -0.39 is 0 Å². The molecular weight excluding hydrogens is 324 g/mol. The first kappa shape index (κ1) is 20.2. The van der Waals surface area contributed by atoms with Crippen molar-refractivity contribution in [2.75, 3.05) is 6.61 Å². The Morgan fingerprint density at radius 2 is 1.65 bits per heavy atom. The van der Waals surface area contributed by atoms with Crippen LogP contribution in [0.4, 0.5) is 0 Å². The number of hydrogen-bond acceptors (Lipinski definition) is 3. The van der Waals surface area contributed by atoms with Crippen LogP contribution in [0.25, 0.3) is 0 Å². The van der Waals surface area contributed by atoms with Crippen molar-refractivity contribution in [2.24, 2.45) is 0 Å². The van der Waals surface area contributed by atoms with Gasteiger partial charge < -0.3 is 9.47 Å². The number of Topliss-reactive ketones (excluding diaryl/α,β-unsaturated/α-hetero) is 1. The van der Waals surface area contributed by atoms with Gasteiger partial charge in [0.2, 0.25) is 0 Å². The molecule has 0 spiro atoms. The Balaban J connectivity index is 1.78. The number of ketones is 1. The van der Waals surface area contributed by atoms with E-state index in [2.05, 4.69) is 13.8 Å². The lowest BCUT2D eigenvalue weighted by molar-refractivity contribution is 0.0726. The highest BCUT2D eigenvalue weighted by Crippen LogP contribution is 2.19. The van der Waals surface area contributed by atoms with Crippen LogP contribution < -0.4 is 4.74 Å². The molecule has 0 fully saturated rings. The van der Waals surface area contributed by atoms with Gasteiger partial charge in [-0.2, -0.15) is 0 Å². The average molecular weight is 354 g/mol. The molecule has 0 aliphatic heterocycles. The van der Waals surface area contributed by atoms with Crippen molar-refractivity contribution in [3.05, 3.63) is 65.7 Å². The van der Waals surface area contributed by atoms with Gasteiger partial charge in [-0.3, -0.25) is 4.79 Å². The van der Waals surface area contributed by atoms with Crippen LogP contribution in [0.5, 0.6) is 5.75 Å². The molecule has 140 valence electrons. The number of benzene rings is 2. The summed E-state index contributed by atoms with van der Waals surface area (Å²) < 4.78 is 11.7. The highest BCUT2D eigenvalue weighted by atomic mass is 16.5. The topological polar surface area (TPSA) is 35.5 Å². The van der Waals surface area contributed by atoms with Gasteiger partial charge in [-0.25, -0.2) is 0 Å². The standard InChI is InChI=1S/C23H30O3/c1-3-5-12-21(9-4-2)26-22-15-13-19(14-16-22)17-25-18-23(24)20-10-7-6-8-11-20/h6-8,10-11,13-16,21H,3-5,9,12,17-18H2,1-2H3. The third kappa shape index (κ3) is 7.01. The summed E-state index contributed by atoms with van der Waals surface area (Å²) in [6, 6.07) is 17.2. The summed E-state index contributed by atoms with van der Waals surface area (Å²) >= 11 is 0. The van der Waals surface area contributed by atoms with Crippen LogP contribution in [-0.4, -0.2) is 18.5 Å². The van der Waals surface area contributed by atoms with Crippen LogP contribution in [0.1, 0.15) is 61.9 Å². The van der Waals surface area contributed by atoms with E-state index in [0.717, 1.165) is 30.6 Å². The summed E-state index contributed by atoms with van der Waals surface area (Å²) in [4.78, 5) is 12.0. The quantitative estimate of drug-likeness (QED) is 0.450. The summed E-state index contributed by atoms with van der Waals surface area (Å²) in [5.41, 5.74) is 1.73. The Bertz CT molecular complexity index is 634. The summed E-state index contributed by atoms with van der Waals surface area (Å²) in [6.45, 7) is 4.92. The predicted octanol–water partition coefficient (Wildman–Crippen LogP) is 5.82. The van der Waals surface area contributed by atoms with E-state index in [1.54, 1.807) is 0 Å². The smallest absolute Gasteiger partial charge is 0.188 e. The number of carbonyl (C=O) groups excluding carboxylic acids is 1. The molecule has 0 radical (unpaired) electrons. The molecule has 0 aliphatic rings. The van der Waals surface area contributed by atoms with E-state index in [1.807, 2.05) is 54.6 Å². The SMILES string of the molecule is CCCCC(CCC)Oc1ccc(COCC(=O)c2ccccc2)cc1. The minimum Gasteiger partial charge on any atom is -0.490 e. The Morgan fingerprint density at radius 1 is 0.923 bits per heavy atom. The second kappa shape index (κ2) is 11.5. The van der Waals surface area contributed by atoms with Crippen LogP contribution >= 0.6 is 0 Å². The van der Waals surface area contributed by atoms with Gasteiger partial charge >= 0.3 is 0 Å². The number of unbranched alkanes of at least 4 members (excludes halogenated alkanes) is 1. The normalized spacial score (nSPS) is 11.9. The summed E-state index contributed by atoms with van der Waals surface area (Å²) in [5, 5.41) is 0. The molecular formula is C23H30O3. The molecule has 1 unspecified atom stereocenters. The van der Waals surface area contributed by atoms with Crippen LogP contribution in [0.2, 0.25) is 0 Å². The highest BCUT2D eigenvalue weighted by molar-refractivity contribution is 5.96. The lowest BCUT2D eigenvalue weighted by atomic mass is 10.1. The zero-order chi connectivity index (χ0) is 18.6. The van der Waals surface area contributed by atoms with Crippen molar-refractivity contribution in [3.63, 3.8) is 0 Å². The molecule has 2 aromatic carbocycles. The Morgan fingerprint density at radius 3 is 2.31 bits per heavy atom. The number of ether oxygens (including phenoxy) is 2. The first-order chi connectivity index (χ1) is 12.7. The highest BCUT2D eigenvalue weighted by Gasteiger charge is 2.09. The predicted molar refractivity (Wildman–Crippen MR) is 106 cm³/mol. The van der Waals surface area contributed by atoms with Gasteiger partial charge in [-0.1, -0.05) is 75.6 Å². The molecule has 3 nitrogen and oxygen atoms in total. The van der Waals surface area contributed by atoms with Crippen molar-refractivity contribution in [1.82, 2.24) is 0 Å². The molecule has 0 aliphatic carbocycles.